The Labute approximate surface area is 108 Å². The molecule has 1 aromatic rings. The second-order valence-corrected chi connectivity index (χ2v) is 5.98. The minimum absolute atomic E-state index is 0.0396. The molecule has 2 nitrogen and oxygen atoms in total. The van der Waals surface area contributed by atoms with Crippen molar-refractivity contribution < 1.29 is 9.53 Å². The molecule has 0 aromatic heterocycles. The average Bonchev–Trinajstić information content (AvgIpc) is 2.15. The molecule has 0 saturated carbocycles. The lowest BCUT2D eigenvalue weighted by Gasteiger charge is -2.28. The van der Waals surface area contributed by atoms with E-state index in [1.807, 2.05) is 24.3 Å². The van der Waals surface area contributed by atoms with Crippen LogP contribution in [0.25, 0.3) is 0 Å². The minimum Gasteiger partial charge on any atom is -0.478 e. The van der Waals surface area contributed by atoms with E-state index in [9.17, 15) is 4.79 Å². The number of benzene rings is 1. The number of carbonyl (C=O) groups is 1. The SMILES string of the molecule is CC(C)(Oc1ccccc1C(C)(C)C)C(=O)Cl. The molecule has 1 aromatic carbocycles. The molecule has 0 spiro atoms. The summed E-state index contributed by atoms with van der Waals surface area (Å²) in [6, 6.07) is 7.72. The van der Waals surface area contributed by atoms with Gasteiger partial charge in [-0.25, -0.2) is 0 Å². The number of rotatable bonds is 3. The molecule has 3 heteroatoms. The Balaban J connectivity index is 3.12. The van der Waals surface area contributed by atoms with Gasteiger partial charge in [0, 0.05) is 0 Å². The largest absolute Gasteiger partial charge is 0.478 e. The van der Waals surface area contributed by atoms with Crippen molar-refractivity contribution in [3.63, 3.8) is 0 Å². The fourth-order valence-electron chi connectivity index (χ4n) is 1.49. The van der Waals surface area contributed by atoms with Gasteiger partial charge in [0.1, 0.15) is 5.75 Å². The van der Waals surface area contributed by atoms with Crippen LogP contribution in [0.1, 0.15) is 40.2 Å². The summed E-state index contributed by atoms with van der Waals surface area (Å²) in [5, 5.41) is -0.499. The molecule has 0 N–H and O–H groups in total. The van der Waals surface area contributed by atoms with E-state index in [0.29, 0.717) is 5.75 Å². The summed E-state index contributed by atoms with van der Waals surface area (Å²) in [5.41, 5.74) is 0.0105. The second-order valence-electron chi connectivity index (χ2n) is 5.63. The monoisotopic (exact) mass is 254 g/mol. The molecule has 0 heterocycles. The van der Waals surface area contributed by atoms with E-state index in [4.69, 9.17) is 16.3 Å². The van der Waals surface area contributed by atoms with Gasteiger partial charge in [0.05, 0.1) is 0 Å². The van der Waals surface area contributed by atoms with Gasteiger partial charge < -0.3 is 4.74 Å². The van der Waals surface area contributed by atoms with Crippen LogP contribution in [-0.2, 0) is 10.2 Å². The second kappa shape index (κ2) is 4.69. The molecule has 0 unspecified atom stereocenters. The van der Waals surface area contributed by atoms with Crippen molar-refractivity contribution in [1.82, 2.24) is 0 Å². The van der Waals surface area contributed by atoms with E-state index < -0.39 is 10.8 Å². The Morgan fingerprint density at radius 2 is 1.65 bits per heavy atom. The molecule has 0 fully saturated rings. The molecule has 1 rings (SSSR count). The van der Waals surface area contributed by atoms with Gasteiger partial charge in [-0.05, 0) is 42.5 Å². The van der Waals surface area contributed by atoms with Gasteiger partial charge >= 0.3 is 0 Å². The highest BCUT2D eigenvalue weighted by Gasteiger charge is 2.30. The Bertz CT molecular complexity index is 416. The van der Waals surface area contributed by atoms with Crippen molar-refractivity contribution >= 4 is 16.8 Å². The topological polar surface area (TPSA) is 26.3 Å². The molecule has 0 aliphatic carbocycles. The maximum absolute atomic E-state index is 11.3. The molecule has 0 radical (unpaired) electrons. The molecular formula is C14H19ClO2. The zero-order chi connectivity index (χ0) is 13.3. The van der Waals surface area contributed by atoms with Crippen LogP contribution in [0.4, 0.5) is 0 Å². The van der Waals surface area contributed by atoms with Crippen LogP contribution in [0, 0.1) is 0 Å². The summed E-state index contributed by atoms with van der Waals surface area (Å²) in [4.78, 5) is 11.3. The summed E-state index contributed by atoms with van der Waals surface area (Å²) in [6.07, 6.45) is 0. The lowest BCUT2D eigenvalue weighted by atomic mass is 9.86. The third kappa shape index (κ3) is 3.47. The summed E-state index contributed by atoms with van der Waals surface area (Å²) in [6.45, 7) is 9.64. The summed E-state index contributed by atoms with van der Waals surface area (Å²) >= 11 is 5.52. The molecule has 0 atom stereocenters. The maximum Gasteiger partial charge on any atom is 0.264 e. The first-order chi connectivity index (χ1) is 7.64. The van der Waals surface area contributed by atoms with Crippen molar-refractivity contribution in [3.05, 3.63) is 29.8 Å². The predicted octanol–water partition coefficient (Wildman–Crippen LogP) is 3.91. The first-order valence-corrected chi connectivity index (χ1v) is 6.01. The number of hydrogen-bond acceptors (Lipinski definition) is 2. The summed E-state index contributed by atoms with van der Waals surface area (Å²) in [7, 11) is 0. The van der Waals surface area contributed by atoms with E-state index in [0.717, 1.165) is 5.56 Å². The van der Waals surface area contributed by atoms with Gasteiger partial charge in [0.15, 0.2) is 5.60 Å². The Kier molecular flexibility index (Phi) is 3.88. The van der Waals surface area contributed by atoms with Crippen LogP contribution in [-0.4, -0.2) is 10.8 Å². The van der Waals surface area contributed by atoms with Gasteiger partial charge in [-0.15, -0.1) is 0 Å². The maximum atomic E-state index is 11.3. The Hall–Kier alpha value is -1.02. The predicted molar refractivity (Wildman–Crippen MR) is 70.7 cm³/mol. The van der Waals surface area contributed by atoms with Crippen LogP contribution in [0.2, 0.25) is 0 Å². The van der Waals surface area contributed by atoms with Crippen LogP contribution in [0.3, 0.4) is 0 Å². The molecule has 0 aliphatic rings. The molecule has 0 saturated heterocycles. The number of carbonyl (C=O) groups excluding carboxylic acids is 1. The highest BCUT2D eigenvalue weighted by molar-refractivity contribution is 6.65. The van der Waals surface area contributed by atoms with Gasteiger partial charge in [0.25, 0.3) is 5.24 Å². The van der Waals surface area contributed by atoms with Crippen molar-refractivity contribution in [3.8, 4) is 5.75 Å². The van der Waals surface area contributed by atoms with E-state index >= 15 is 0 Å². The standard InChI is InChI=1S/C14H19ClO2/c1-13(2,3)10-8-6-7-9-11(10)17-14(4,5)12(15)16/h6-9H,1-5H3. The minimum atomic E-state index is -1.01. The molecule has 94 valence electrons. The van der Waals surface area contributed by atoms with Crippen molar-refractivity contribution in [2.75, 3.05) is 0 Å². The van der Waals surface area contributed by atoms with Gasteiger partial charge in [-0.3, -0.25) is 4.79 Å². The Morgan fingerprint density at radius 1 is 1.12 bits per heavy atom. The lowest BCUT2D eigenvalue weighted by Crippen LogP contribution is -2.35. The van der Waals surface area contributed by atoms with Crippen LogP contribution in [0.15, 0.2) is 24.3 Å². The van der Waals surface area contributed by atoms with Crippen LogP contribution < -0.4 is 4.74 Å². The van der Waals surface area contributed by atoms with Gasteiger partial charge in [-0.2, -0.15) is 0 Å². The number of ether oxygens (including phenoxy) is 1. The van der Waals surface area contributed by atoms with Crippen molar-refractivity contribution in [2.45, 2.75) is 45.6 Å². The Morgan fingerprint density at radius 3 is 2.12 bits per heavy atom. The van der Waals surface area contributed by atoms with E-state index in [1.165, 1.54) is 0 Å². The third-order valence-electron chi connectivity index (χ3n) is 2.53. The summed E-state index contributed by atoms with van der Waals surface area (Å²) in [5.74, 6) is 0.707. The molecule has 0 amide bonds. The quantitative estimate of drug-likeness (QED) is 0.765. The first-order valence-electron chi connectivity index (χ1n) is 5.63. The number of para-hydroxylation sites is 1. The zero-order valence-electron chi connectivity index (χ0n) is 11.0. The molecule has 0 aliphatic heterocycles. The zero-order valence-corrected chi connectivity index (χ0v) is 11.8. The molecular weight excluding hydrogens is 236 g/mol. The van der Waals surface area contributed by atoms with Crippen molar-refractivity contribution in [2.24, 2.45) is 0 Å². The lowest BCUT2D eigenvalue weighted by molar-refractivity contribution is -0.123. The number of halogens is 1. The molecule has 0 bridgehead atoms. The van der Waals surface area contributed by atoms with E-state index in [1.54, 1.807) is 13.8 Å². The summed E-state index contributed by atoms with van der Waals surface area (Å²) < 4.78 is 5.74. The molecule has 17 heavy (non-hydrogen) atoms. The smallest absolute Gasteiger partial charge is 0.264 e. The number of hydrogen-bond donors (Lipinski definition) is 0. The first kappa shape index (κ1) is 14.0. The van der Waals surface area contributed by atoms with Gasteiger partial charge in [-0.1, -0.05) is 39.0 Å². The fourth-order valence-corrected chi connectivity index (χ4v) is 1.53. The van der Waals surface area contributed by atoms with Crippen molar-refractivity contribution in [1.29, 1.82) is 0 Å². The van der Waals surface area contributed by atoms with Crippen LogP contribution >= 0.6 is 11.6 Å². The average molecular weight is 255 g/mol. The normalized spacial score (nSPS) is 12.4. The fraction of sp³-hybridized carbons (Fsp3) is 0.500. The van der Waals surface area contributed by atoms with E-state index in [-0.39, 0.29) is 5.41 Å². The van der Waals surface area contributed by atoms with Crippen LogP contribution in [0.5, 0.6) is 5.75 Å². The van der Waals surface area contributed by atoms with E-state index in [2.05, 4.69) is 20.8 Å². The highest BCUT2D eigenvalue weighted by atomic mass is 35.5. The highest BCUT2D eigenvalue weighted by Crippen LogP contribution is 2.33. The third-order valence-corrected chi connectivity index (χ3v) is 2.99. The van der Waals surface area contributed by atoms with Gasteiger partial charge in [0.2, 0.25) is 0 Å².